The fourth-order valence-corrected chi connectivity index (χ4v) is 2.56. The zero-order valence-corrected chi connectivity index (χ0v) is 16.8. The molecule has 10 heteroatoms. The van der Waals surface area contributed by atoms with E-state index in [-0.39, 0.29) is 25.4 Å². The van der Waals surface area contributed by atoms with E-state index in [0.717, 1.165) is 0 Å². The minimum absolute atomic E-state index is 0.133. The first-order valence-corrected chi connectivity index (χ1v) is 9.16. The SMILES string of the molecule is CCN(CC(=O)Nc1c(Cl)cccc1Cl)C(=O)NCCC(=O)NCCOC. The van der Waals surface area contributed by atoms with Gasteiger partial charge in [-0.05, 0) is 19.1 Å². The number of likely N-dealkylation sites (N-methyl/N-ethyl adjacent to an activating group) is 1. The Morgan fingerprint density at radius 3 is 2.33 bits per heavy atom. The lowest BCUT2D eigenvalue weighted by molar-refractivity contribution is -0.121. The van der Waals surface area contributed by atoms with Crippen molar-refractivity contribution < 1.29 is 19.1 Å². The van der Waals surface area contributed by atoms with E-state index in [1.807, 2.05) is 0 Å². The molecule has 0 aliphatic rings. The fraction of sp³-hybridized carbons (Fsp3) is 0.471. The van der Waals surface area contributed by atoms with Crippen LogP contribution in [0.15, 0.2) is 18.2 Å². The number of urea groups is 1. The lowest BCUT2D eigenvalue weighted by atomic mass is 10.3. The van der Waals surface area contributed by atoms with Crippen LogP contribution in [0.3, 0.4) is 0 Å². The molecule has 1 aromatic carbocycles. The number of anilines is 1. The predicted octanol–water partition coefficient (Wildman–Crippen LogP) is 2.12. The number of methoxy groups -OCH3 is 1. The van der Waals surface area contributed by atoms with Gasteiger partial charge >= 0.3 is 6.03 Å². The van der Waals surface area contributed by atoms with Gasteiger partial charge in [0.25, 0.3) is 0 Å². The molecule has 0 spiro atoms. The standard InChI is InChI=1S/C17H24Cl2N4O4/c1-3-23(17(26)21-8-7-14(24)20-9-10-27-2)11-15(25)22-16-12(18)5-4-6-13(16)19/h4-6H,3,7-11H2,1-2H3,(H,20,24)(H,21,26)(H,22,25). The van der Waals surface area contributed by atoms with Gasteiger partial charge in [0.1, 0.15) is 6.54 Å². The Hall–Kier alpha value is -2.03. The molecule has 1 aromatic rings. The molecule has 0 aliphatic carbocycles. The summed E-state index contributed by atoms with van der Waals surface area (Å²) in [6, 6.07) is 4.43. The topological polar surface area (TPSA) is 99.8 Å². The summed E-state index contributed by atoms with van der Waals surface area (Å²) in [5, 5.41) is 8.48. The number of nitrogens with zero attached hydrogens (tertiary/aromatic N) is 1. The maximum absolute atomic E-state index is 12.2. The Morgan fingerprint density at radius 1 is 1.07 bits per heavy atom. The second-order valence-corrected chi connectivity index (χ2v) is 6.30. The minimum atomic E-state index is -0.442. The van der Waals surface area contributed by atoms with Crippen LogP contribution in [0.1, 0.15) is 13.3 Å². The van der Waals surface area contributed by atoms with Crippen molar-refractivity contribution >= 4 is 46.7 Å². The highest BCUT2D eigenvalue weighted by atomic mass is 35.5. The Bertz CT molecular complexity index is 638. The first-order chi connectivity index (χ1) is 12.9. The summed E-state index contributed by atoms with van der Waals surface area (Å²) in [5.74, 6) is -0.624. The number of para-hydroxylation sites is 1. The monoisotopic (exact) mass is 418 g/mol. The molecule has 3 N–H and O–H groups in total. The highest BCUT2D eigenvalue weighted by Crippen LogP contribution is 2.29. The summed E-state index contributed by atoms with van der Waals surface area (Å²) < 4.78 is 4.83. The molecule has 0 unspecified atom stereocenters. The van der Waals surface area contributed by atoms with Crippen molar-refractivity contribution in [3.8, 4) is 0 Å². The minimum Gasteiger partial charge on any atom is -0.383 e. The van der Waals surface area contributed by atoms with Crippen LogP contribution in [0.4, 0.5) is 10.5 Å². The van der Waals surface area contributed by atoms with E-state index in [4.69, 9.17) is 27.9 Å². The molecule has 4 amide bonds. The van der Waals surface area contributed by atoms with Gasteiger partial charge in [0.15, 0.2) is 0 Å². The van der Waals surface area contributed by atoms with Crippen LogP contribution in [0.2, 0.25) is 10.0 Å². The number of benzene rings is 1. The number of carbonyl (C=O) groups excluding carboxylic acids is 3. The second-order valence-electron chi connectivity index (χ2n) is 5.48. The first kappa shape index (κ1) is 23.0. The third-order valence-corrected chi connectivity index (χ3v) is 4.12. The number of rotatable bonds is 10. The number of amides is 4. The van der Waals surface area contributed by atoms with Crippen molar-refractivity contribution in [1.29, 1.82) is 0 Å². The molecule has 0 fully saturated rings. The van der Waals surface area contributed by atoms with Crippen molar-refractivity contribution in [3.05, 3.63) is 28.2 Å². The summed E-state index contributed by atoms with van der Waals surface area (Å²) in [6.07, 6.45) is 0.133. The average Bonchev–Trinajstić information content (AvgIpc) is 2.63. The normalized spacial score (nSPS) is 10.2. The van der Waals surface area contributed by atoms with Crippen molar-refractivity contribution in [1.82, 2.24) is 15.5 Å². The molecule has 0 radical (unpaired) electrons. The summed E-state index contributed by atoms with van der Waals surface area (Å²) >= 11 is 12.0. The van der Waals surface area contributed by atoms with Crippen LogP contribution in [-0.2, 0) is 14.3 Å². The van der Waals surface area contributed by atoms with Gasteiger partial charge in [-0.2, -0.15) is 0 Å². The third-order valence-electron chi connectivity index (χ3n) is 3.49. The first-order valence-electron chi connectivity index (χ1n) is 8.41. The Morgan fingerprint density at radius 2 is 1.74 bits per heavy atom. The molecule has 0 saturated heterocycles. The summed E-state index contributed by atoms with van der Waals surface area (Å²) in [4.78, 5) is 37.2. The molecule has 0 aliphatic heterocycles. The number of halogens is 2. The van der Waals surface area contributed by atoms with Gasteiger partial charge in [0, 0.05) is 33.2 Å². The molecule has 0 bridgehead atoms. The van der Waals surface area contributed by atoms with Crippen LogP contribution >= 0.6 is 23.2 Å². The lowest BCUT2D eigenvalue weighted by Gasteiger charge is -2.21. The van der Waals surface area contributed by atoms with E-state index < -0.39 is 11.9 Å². The van der Waals surface area contributed by atoms with E-state index in [1.165, 1.54) is 4.90 Å². The van der Waals surface area contributed by atoms with Crippen molar-refractivity contribution in [2.75, 3.05) is 45.2 Å². The molecular weight excluding hydrogens is 395 g/mol. The molecule has 1 rings (SSSR count). The van der Waals surface area contributed by atoms with Crippen molar-refractivity contribution in [2.45, 2.75) is 13.3 Å². The molecule has 0 atom stereocenters. The Labute approximate surface area is 168 Å². The molecule has 150 valence electrons. The summed E-state index contributed by atoms with van der Waals surface area (Å²) in [6.45, 7) is 2.87. The number of ether oxygens (including phenoxy) is 1. The van der Waals surface area contributed by atoms with Gasteiger partial charge in [-0.25, -0.2) is 4.79 Å². The number of carbonyl (C=O) groups is 3. The van der Waals surface area contributed by atoms with Gasteiger partial charge in [-0.15, -0.1) is 0 Å². The molecule has 27 heavy (non-hydrogen) atoms. The molecule has 0 aromatic heterocycles. The van der Waals surface area contributed by atoms with E-state index in [1.54, 1.807) is 32.2 Å². The van der Waals surface area contributed by atoms with Crippen molar-refractivity contribution in [3.63, 3.8) is 0 Å². The number of hydrogen-bond donors (Lipinski definition) is 3. The fourth-order valence-electron chi connectivity index (χ4n) is 2.07. The van der Waals surface area contributed by atoms with E-state index in [0.29, 0.717) is 35.4 Å². The maximum atomic E-state index is 12.2. The second kappa shape index (κ2) is 12.4. The van der Waals surface area contributed by atoms with Gasteiger partial charge in [0.2, 0.25) is 11.8 Å². The highest BCUT2D eigenvalue weighted by molar-refractivity contribution is 6.39. The zero-order chi connectivity index (χ0) is 20.2. The maximum Gasteiger partial charge on any atom is 0.317 e. The highest BCUT2D eigenvalue weighted by Gasteiger charge is 2.17. The van der Waals surface area contributed by atoms with Crippen molar-refractivity contribution in [2.24, 2.45) is 0 Å². The quantitative estimate of drug-likeness (QED) is 0.506. The van der Waals surface area contributed by atoms with E-state index >= 15 is 0 Å². The molecular formula is C17H24Cl2N4O4. The van der Waals surface area contributed by atoms with Crippen LogP contribution in [0, 0.1) is 0 Å². The smallest absolute Gasteiger partial charge is 0.317 e. The summed E-state index contributed by atoms with van der Waals surface area (Å²) in [5.41, 5.74) is 0.301. The Balaban J connectivity index is 2.44. The van der Waals surface area contributed by atoms with Gasteiger partial charge in [0.05, 0.1) is 22.3 Å². The number of hydrogen-bond acceptors (Lipinski definition) is 4. The molecule has 8 nitrogen and oxygen atoms in total. The van der Waals surface area contributed by atoms with Crippen LogP contribution in [0.5, 0.6) is 0 Å². The average molecular weight is 419 g/mol. The predicted molar refractivity (Wildman–Crippen MR) is 105 cm³/mol. The largest absolute Gasteiger partial charge is 0.383 e. The number of nitrogens with one attached hydrogen (secondary N) is 3. The van der Waals surface area contributed by atoms with Crippen LogP contribution in [0.25, 0.3) is 0 Å². The lowest BCUT2D eigenvalue weighted by Crippen LogP contribution is -2.44. The summed E-state index contributed by atoms with van der Waals surface area (Å²) in [7, 11) is 1.54. The Kier molecular flexibility index (Phi) is 10.5. The van der Waals surface area contributed by atoms with Crippen LogP contribution in [-0.4, -0.2) is 62.6 Å². The van der Waals surface area contributed by atoms with E-state index in [9.17, 15) is 14.4 Å². The van der Waals surface area contributed by atoms with Gasteiger partial charge < -0.3 is 25.6 Å². The molecule has 0 heterocycles. The van der Waals surface area contributed by atoms with E-state index in [2.05, 4.69) is 16.0 Å². The van der Waals surface area contributed by atoms with Gasteiger partial charge in [-0.3, -0.25) is 9.59 Å². The third kappa shape index (κ3) is 8.47. The molecule has 0 saturated carbocycles. The zero-order valence-electron chi connectivity index (χ0n) is 15.3. The van der Waals surface area contributed by atoms with Crippen LogP contribution < -0.4 is 16.0 Å². The van der Waals surface area contributed by atoms with Gasteiger partial charge in [-0.1, -0.05) is 29.3 Å².